The van der Waals surface area contributed by atoms with Crippen LogP contribution in [0.4, 0.5) is 5.82 Å². The number of rotatable bonds is 7. The molecular weight excluding hydrogens is 539 g/mol. The zero-order chi connectivity index (χ0) is 22.1. The van der Waals surface area contributed by atoms with E-state index in [9.17, 15) is 15.0 Å². The highest BCUT2D eigenvalue weighted by molar-refractivity contribution is 14.1. The van der Waals surface area contributed by atoms with Crippen LogP contribution in [-0.4, -0.2) is 54.0 Å². The van der Waals surface area contributed by atoms with E-state index in [1.165, 1.54) is 10.9 Å². The number of carbonyl (C=O) groups excluding carboxylic acids is 1. The van der Waals surface area contributed by atoms with Crippen molar-refractivity contribution in [1.82, 2.24) is 19.5 Å². The molecule has 1 aliphatic rings. The minimum absolute atomic E-state index is 0.00212. The molecule has 1 aromatic carbocycles. The summed E-state index contributed by atoms with van der Waals surface area (Å²) in [6.45, 7) is 0.503. The maximum Gasteiger partial charge on any atom is 0.226 e. The van der Waals surface area contributed by atoms with Crippen LogP contribution in [0.1, 0.15) is 24.6 Å². The molecule has 4 atom stereocenters. The molecule has 12 heteroatoms. The summed E-state index contributed by atoms with van der Waals surface area (Å²) in [7, 11) is 0. The lowest BCUT2D eigenvalue weighted by Gasteiger charge is -2.16. The van der Waals surface area contributed by atoms with Gasteiger partial charge in [0.2, 0.25) is 11.2 Å². The van der Waals surface area contributed by atoms with Gasteiger partial charge < -0.3 is 26.0 Å². The molecule has 164 valence electrons. The van der Waals surface area contributed by atoms with Gasteiger partial charge in [-0.05, 0) is 58.3 Å². The van der Waals surface area contributed by atoms with Gasteiger partial charge in [-0.1, -0.05) is 12.1 Å². The molecule has 4 rings (SSSR count). The molecule has 0 bridgehead atoms. The Morgan fingerprint density at radius 3 is 2.87 bits per heavy atom. The highest BCUT2D eigenvalue weighted by atomic mass is 127. The Morgan fingerprint density at radius 1 is 1.32 bits per heavy atom. The smallest absolute Gasteiger partial charge is 0.226 e. The average molecular weight is 559 g/mol. The molecule has 0 radical (unpaired) electrons. The number of hydrogen-bond donors (Lipinski definition) is 4. The second-order valence-corrected chi connectivity index (χ2v) is 8.78. The highest BCUT2D eigenvalue weighted by Gasteiger charge is 2.44. The predicted molar refractivity (Wildman–Crippen MR) is 121 cm³/mol. The number of imidazole rings is 1. The molecule has 1 amide bonds. The molecule has 10 nitrogen and oxygen atoms in total. The van der Waals surface area contributed by atoms with E-state index in [2.05, 4.69) is 42.9 Å². The number of amides is 1. The van der Waals surface area contributed by atoms with Crippen molar-refractivity contribution >= 4 is 57.1 Å². The van der Waals surface area contributed by atoms with Crippen LogP contribution in [0.25, 0.3) is 11.2 Å². The number of aliphatic hydroxyl groups is 2. The summed E-state index contributed by atoms with van der Waals surface area (Å²) in [5, 5.41) is 24.0. The Hall–Kier alpha value is -2.06. The van der Waals surface area contributed by atoms with Gasteiger partial charge >= 0.3 is 0 Å². The van der Waals surface area contributed by atoms with Crippen LogP contribution in [0.5, 0.6) is 0 Å². The first kappa shape index (κ1) is 22.1. The molecule has 1 fully saturated rings. The van der Waals surface area contributed by atoms with Gasteiger partial charge in [0.05, 0.1) is 12.4 Å². The summed E-state index contributed by atoms with van der Waals surface area (Å²) in [4.78, 5) is 23.9. The number of aliphatic hydroxyl groups excluding tert-OH is 2. The molecule has 2 aromatic heterocycles. The SMILES string of the molecule is NC(=O)CC[C@H]1O[C@@H](n2cnc3c(NCc4cccc(I)c4)nc(Cl)nc32)C(O)C1O. The summed E-state index contributed by atoms with van der Waals surface area (Å²) < 4.78 is 8.41. The van der Waals surface area contributed by atoms with Gasteiger partial charge in [-0.2, -0.15) is 9.97 Å². The zero-order valence-corrected chi connectivity index (χ0v) is 19.1. The van der Waals surface area contributed by atoms with Crippen molar-refractivity contribution in [2.45, 2.75) is 43.9 Å². The first-order chi connectivity index (χ1) is 14.8. The van der Waals surface area contributed by atoms with Gasteiger partial charge in [0, 0.05) is 16.5 Å². The molecule has 3 heterocycles. The molecule has 31 heavy (non-hydrogen) atoms. The number of primary amides is 1. The Morgan fingerprint density at radius 2 is 2.13 bits per heavy atom. The maximum atomic E-state index is 11.1. The highest BCUT2D eigenvalue weighted by Crippen LogP contribution is 2.34. The van der Waals surface area contributed by atoms with Crippen molar-refractivity contribution in [3.05, 3.63) is 45.0 Å². The number of ether oxygens (including phenoxy) is 1. The number of benzene rings is 1. The van der Waals surface area contributed by atoms with Gasteiger partial charge in [-0.25, -0.2) is 4.98 Å². The van der Waals surface area contributed by atoms with Crippen LogP contribution in [0.3, 0.4) is 0 Å². The monoisotopic (exact) mass is 558 g/mol. The second-order valence-electron chi connectivity index (χ2n) is 7.20. The van der Waals surface area contributed by atoms with E-state index in [4.69, 9.17) is 22.1 Å². The normalized spacial score (nSPS) is 23.4. The first-order valence-electron chi connectivity index (χ1n) is 9.52. The Bertz CT molecular complexity index is 1110. The summed E-state index contributed by atoms with van der Waals surface area (Å²) in [5.74, 6) is -0.0731. The van der Waals surface area contributed by atoms with Crippen molar-refractivity contribution in [3.63, 3.8) is 0 Å². The number of aromatic nitrogens is 4. The fourth-order valence-electron chi connectivity index (χ4n) is 3.51. The fourth-order valence-corrected chi connectivity index (χ4v) is 4.29. The predicted octanol–water partition coefficient (Wildman–Crippen LogP) is 1.58. The zero-order valence-electron chi connectivity index (χ0n) is 16.2. The van der Waals surface area contributed by atoms with E-state index in [0.717, 1.165) is 9.13 Å². The van der Waals surface area contributed by atoms with Crippen LogP contribution in [0, 0.1) is 3.57 Å². The molecular formula is C19H20ClIN6O4. The fraction of sp³-hybridized carbons (Fsp3) is 0.368. The molecule has 2 unspecified atom stereocenters. The Kier molecular flexibility index (Phi) is 6.57. The minimum Gasteiger partial charge on any atom is -0.388 e. The number of nitrogens with zero attached hydrogens (tertiary/aromatic N) is 4. The number of nitrogens with one attached hydrogen (secondary N) is 1. The van der Waals surface area contributed by atoms with E-state index in [0.29, 0.717) is 23.5 Å². The first-order valence-corrected chi connectivity index (χ1v) is 11.0. The average Bonchev–Trinajstić information content (AvgIpc) is 3.26. The quantitative estimate of drug-likeness (QED) is 0.252. The lowest BCUT2D eigenvalue weighted by Crippen LogP contribution is -2.32. The Balaban J connectivity index is 1.59. The third kappa shape index (κ3) is 4.75. The lowest BCUT2D eigenvalue weighted by atomic mass is 10.1. The number of hydrogen-bond acceptors (Lipinski definition) is 8. The van der Waals surface area contributed by atoms with Gasteiger partial charge in [0.15, 0.2) is 23.2 Å². The largest absolute Gasteiger partial charge is 0.388 e. The molecule has 3 aromatic rings. The lowest BCUT2D eigenvalue weighted by molar-refractivity contribution is -0.119. The third-order valence-corrected chi connectivity index (χ3v) is 5.87. The van der Waals surface area contributed by atoms with Crippen LogP contribution >= 0.6 is 34.2 Å². The van der Waals surface area contributed by atoms with Gasteiger partial charge in [0.25, 0.3) is 0 Å². The standard InChI is InChI=1S/C19H20ClIN6O4/c20-19-25-16(23-7-9-2-1-3-10(21)6-9)13-17(26-19)27(8-24-13)18-15(30)14(29)11(31-18)4-5-12(22)28/h1-3,6,8,11,14-15,18,29-30H,4-5,7H2,(H2,22,28)(H,23,25,26)/t11-,14?,15?,18-/m1/s1. The van der Waals surface area contributed by atoms with Gasteiger partial charge in [0.1, 0.15) is 12.2 Å². The molecule has 0 aliphatic carbocycles. The third-order valence-electron chi connectivity index (χ3n) is 5.03. The number of carbonyl (C=O) groups is 1. The van der Waals surface area contributed by atoms with Crippen LogP contribution in [0.15, 0.2) is 30.6 Å². The second kappa shape index (κ2) is 9.20. The number of halogens is 2. The van der Waals surface area contributed by atoms with E-state index in [-0.39, 0.29) is 18.1 Å². The molecule has 5 N–H and O–H groups in total. The molecule has 0 saturated carbocycles. The topological polar surface area (TPSA) is 148 Å². The number of anilines is 1. The van der Waals surface area contributed by atoms with E-state index in [1.807, 2.05) is 24.3 Å². The van der Waals surface area contributed by atoms with Crippen molar-refractivity contribution in [2.75, 3.05) is 5.32 Å². The summed E-state index contributed by atoms with van der Waals surface area (Å²) in [5.41, 5.74) is 7.02. The Labute approximate surface area is 195 Å². The number of nitrogens with two attached hydrogens (primary N) is 1. The van der Waals surface area contributed by atoms with Crippen LogP contribution in [0.2, 0.25) is 5.28 Å². The molecule has 0 spiro atoms. The minimum atomic E-state index is -1.24. The van der Waals surface area contributed by atoms with Crippen molar-refractivity contribution in [2.24, 2.45) is 5.73 Å². The van der Waals surface area contributed by atoms with Crippen LogP contribution < -0.4 is 11.1 Å². The number of fused-ring (bicyclic) bond motifs is 1. The van der Waals surface area contributed by atoms with Gasteiger partial charge in [-0.3, -0.25) is 9.36 Å². The summed E-state index contributed by atoms with van der Waals surface area (Å²) >= 11 is 8.38. The van der Waals surface area contributed by atoms with Crippen molar-refractivity contribution in [3.8, 4) is 0 Å². The van der Waals surface area contributed by atoms with Crippen LogP contribution in [-0.2, 0) is 16.1 Å². The van der Waals surface area contributed by atoms with Gasteiger partial charge in [-0.15, -0.1) is 0 Å². The summed E-state index contributed by atoms with van der Waals surface area (Å²) in [6.07, 6.45) is -2.46. The van der Waals surface area contributed by atoms with E-state index < -0.39 is 30.4 Å². The van der Waals surface area contributed by atoms with E-state index in [1.54, 1.807) is 0 Å². The van der Waals surface area contributed by atoms with Crippen molar-refractivity contribution in [1.29, 1.82) is 0 Å². The maximum absolute atomic E-state index is 11.1. The van der Waals surface area contributed by atoms with Crippen molar-refractivity contribution < 1.29 is 19.7 Å². The molecule has 1 saturated heterocycles. The van der Waals surface area contributed by atoms with E-state index >= 15 is 0 Å². The summed E-state index contributed by atoms with van der Waals surface area (Å²) in [6, 6.07) is 8.00. The molecule has 1 aliphatic heterocycles.